The molecule has 1 aliphatic rings. The van der Waals surface area contributed by atoms with E-state index >= 15 is 0 Å². The van der Waals surface area contributed by atoms with Crippen LogP contribution in [0.3, 0.4) is 0 Å². The average molecular weight is 351 g/mol. The van der Waals surface area contributed by atoms with E-state index in [1.807, 2.05) is 42.5 Å². The highest BCUT2D eigenvalue weighted by Gasteiger charge is 2.36. The van der Waals surface area contributed by atoms with Crippen LogP contribution >= 0.6 is 0 Å². The van der Waals surface area contributed by atoms with Gasteiger partial charge < -0.3 is 14.6 Å². The van der Waals surface area contributed by atoms with E-state index in [0.29, 0.717) is 12.8 Å². The molecule has 0 radical (unpaired) electrons. The van der Waals surface area contributed by atoms with Gasteiger partial charge in [-0.2, -0.15) is 0 Å². The first-order valence-corrected chi connectivity index (χ1v) is 8.89. The molecule has 0 atom stereocenters. The number of hydrogen-bond acceptors (Lipinski definition) is 4. The van der Waals surface area contributed by atoms with Crippen molar-refractivity contribution in [2.24, 2.45) is 0 Å². The van der Waals surface area contributed by atoms with Crippen molar-refractivity contribution in [2.75, 3.05) is 26.8 Å². The zero-order valence-electron chi connectivity index (χ0n) is 15.1. The van der Waals surface area contributed by atoms with Crippen LogP contribution in [0.15, 0.2) is 48.5 Å². The summed E-state index contributed by atoms with van der Waals surface area (Å²) in [6.07, 6.45) is 6.63. The van der Waals surface area contributed by atoms with E-state index in [1.165, 1.54) is 0 Å². The van der Waals surface area contributed by atoms with Crippen LogP contribution in [-0.4, -0.2) is 36.8 Å². The zero-order valence-corrected chi connectivity index (χ0v) is 15.1. The lowest BCUT2D eigenvalue weighted by molar-refractivity contribution is -0.0293. The number of para-hydroxylation sites is 2. The van der Waals surface area contributed by atoms with Crippen molar-refractivity contribution >= 4 is 0 Å². The minimum Gasteiger partial charge on any atom is -0.496 e. The molecule has 136 valence electrons. The van der Waals surface area contributed by atoms with Crippen molar-refractivity contribution in [1.82, 2.24) is 4.90 Å². The standard InChI is InChI=1S/C22H25NO3/c1-3-16-26-20-10-6-4-8-18(20)17-23-14-12-22(24,13-15-23)19-9-5-7-11-21(19)25-2/h1,4-11,24H,12-17H2,2H3. The van der Waals surface area contributed by atoms with E-state index < -0.39 is 5.60 Å². The largest absolute Gasteiger partial charge is 0.496 e. The summed E-state index contributed by atoms with van der Waals surface area (Å²) in [6.45, 7) is 2.66. The Morgan fingerprint density at radius 2 is 1.73 bits per heavy atom. The van der Waals surface area contributed by atoms with E-state index in [9.17, 15) is 5.11 Å². The molecule has 1 N–H and O–H groups in total. The summed E-state index contributed by atoms with van der Waals surface area (Å²) in [5, 5.41) is 11.2. The second-order valence-corrected chi connectivity index (χ2v) is 6.61. The highest BCUT2D eigenvalue weighted by Crippen LogP contribution is 2.38. The minimum absolute atomic E-state index is 0.268. The third-order valence-corrected chi connectivity index (χ3v) is 4.97. The molecule has 3 rings (SSSR count). The number of likely N-dealkylation sites (tertiary alicyclic amines) is 1. The molecule has 0 aromatic heterocycles. The molecule has 2 aromatic carbocycles. The number of nitrogens with zero attached hydrogens (tertiary/aromatic N) is 1. The number of rotatable bonds is 6. The van der Waals surface area contributed by atoms with E-state index in [0.717, 1.165) is 42.3 Å². The van der Waals surface area contributed by atoms with Gasteiger partial charge in [0, 0.05) is 30.8 Å². The number of hydrogen-bond donors (Lipinski definition) is 1. The first kappa shape index (κ1) is 18.3. The molecule has 4 nitrogen and oxygen atoms in total. The van der Waals surface area contributed by atoms with Gasteiger partial charge in [0.05, 0.1) is 12.7 Å². The third-order valence-electron chi connectivity index (χ3n) is 4.97. The van der Waals surface area contributed by atoms with Crippen molar-refractivity contribution in [3.05, 3.63) is 59.7 Å². The number of benzene rings is 2. The summed E-state index contributed by atoms with van der Waals surface area (Å²) in [7, 11) is 1.64. The number of ether oxygens (including phenoxy) is 2. The predicted octanol–water partition coefficient (Wildman–Crippen LogP) is 3.19. The second-order valence-electron chi connectivity index (χ2n) is 6.61. The molecular weight excluding hydrogens is 326 g/mol. The van der Waals surface area contributed by atoms with Gasteiger partial charge in [-0.05, 0) is 25.0 Å². The third kappa shape index (κ3) is 4.01. The summed E-state index contributed by atoms with van der Waals surface area (Å²) in [5.41, 5.74) is 1.15. The van der Waals surface area contributed by atoms with Crippen LogP contribution in [0.5, 0.6) is 11.5 Å². The second kappa shape index (κ2) is 8.27. The van der Waals surface area contributed by atoms with E-state index in [2.05, 4.69) is 16.9 Å². The van der Waals surface area contributed by atoms with Crippen molar-refractivity contribution in [3.63, 3.8) is 0 Å². The van der Waals surface area contributed by atoms with Gasteiger partial charge >= 0.3 is 0 Å². The van der Waals surface area contributed by atoms with E-state index in [-0.39, 0.29) is 6.61 Å². The lowest BCUT2D eigenvalue weighted by Crippen LogP contribution is -2.42. The van der Waals surface area contributed by atoms with Crippen LogP contribution in [0, 0.1) is 12.3 Å². The number of methoxy groups -OCH3 is 1. The van der Waals surface area contributed by atoms with E-state index in [4.69, 9.17) is 15.9 Å². The Morgan fingerprint density at radius 3 is 2.42 bits per heavy atom. The Bertz CT molecular complexity index is 773. The molecule has 0 saturated carbocycles. The van der Waals surface area contributed by atoms with Crippen LogP contribution < -0.4 is 9.47 Å². The zero-order chi connectivity index (χ0) is 18.4. The Balaban J connectivity index is 1.67. The highest BCUT2D eigenvalue weighted by atomic mass is 16.5. The van der Waals surface area contributed by atoms with E-state index in [1.54, 1.807) is 7.11 Å². The quantitative estimate of drug-likeness (QED) is 0.812. The number of terminal acetylenes is 1. The molecule has 1 aliphatic heterocycles. The summed E-state index contributed by atoms with van der Waals surface area (Å²) in [5.74, 6) is 4.08. The van der Waals surface area contributed by atoms with Gasteiger partial charge in [0.25, 0.3) is 0 Å². The van der Waals surface area contributed by atoms with Gasteiger partial charge in [-0.15, -0.1) is 6.42 Å². The maximum absolute atomic E-state index is 11.2. The molecule has 1 heterocycles. The maximum Gasteiger partial charge on any atom is 0.148 e. The van der Waals surface area contributed by atoms with Gasteiger partial charge in [0.2, 0.25) is 0 Å². The fraction of sp³-hybridized carbons (Fsp3) is 0.364. The molecule has 1 saturated heterocycles. The molecule has 1 fully saturated rings. The molecule has 0 amide bonds. The monoisotopic (exact) mass is 351 g/mol. The Hall–Kier alpha value is -2.48. The smallest absolute Gasteiger partial charge is 0.148 e. The average Bonchev–Trinajstić information content (AvgIpc) is 2.69. The van der Waals surface area contributed by atoms with Crippen molar-refractivity contribution < 1.29 is 14.6 Å². The van der Waals surface area contributed by atoms with Crippen LogP contribution in [0.25, 0.3) is 0 Å². The van der Waals surface area contributed by atoms with Gasteiger partial charge in [-0.1, -0.05) is 42.3 Å². The van der Waals surface area contributed by atoms with Gasteiger partial charge in [-0.25, -0.2) is 0 Å². The van der Waals surface area contributed by atoms with Crippen LogP contribution in [-0.2, 0) is 12.1 Å². The molecule has 4 heteroatoms. The lowest BCUT2D eigenvalue weighted by atomic mass is 9.83. The van der Waals surface area contributed by atoms with Crippen LogP contribution in [0.2, 0.25) is 0 Å². The summed E-state index contributed by atoms with van der Waals surface area (Å²) >= 11 is 0. The van der Waals surface area contributed by atoms with Crippen molar-refractivity contribution in [3.8, 4) is 23.8 Å². The van der Waals surface area contributed by atoms with Gasteiger partial charge in [0.15, 0.2) is 0 Å². The molecule has 0 bridgehead atoms. The van der Waals surface area contributed by atoms with Crippen molar-refractivity contribution in [2.45, 2.75) is 25.0 Å². The molecule has 2 aromatic rings. The predicted molar refractivity (Wildman–Crippen MR) is 102 cm³/mol. The minimum atomic E-state index is -0.845. The normalized spacial score (nSPS) is 16.7. The maximum atomic E-state index is 11.2. The van der Waals surface area contributed by atoms with Crippen molar-refractivity contribution in [1.29, 1.82) is 0 Å². The van der Waals surface area contributed by atoms with Crippen LogP contribution in [0.4, 0.5) is 0 Å². The summed E-state index contributed by atoms with van der Waals surface area (Å²) in [6, 6.07) is 15.7. The topological polar surface area (TPSA) is 41.9 Å². The number of aliphatic hydroxyl groups is 1. The Labute approximate surface area is 155 Å². The fourth-order valence-electron chi connectivity index (χ4n) is 3.52. The summed E-state index contributed by atoms with van der Waals surface area (Å²) < 4.78 is 11.1. The molecule has 0 spiro atoms. The molecular formula is C22H25NO3. The Kier molecular flexibility index (Phi) is 5.82. The Morgan fingerprint density at radius 1 is 1.08 bits per heavy atom. The lowest BCUT2D eigenvalue weighted by Gasteiger charge is -2.39. The molecule has 0 aliphatic carbocycles. The first-order valence-electron chi connectivity index (χ1n) is 8.89. The van der Waals surface area contributed by atoms with Gasteiger partial charge in [0.1, 0.15) is 18.1 Å². The van der Waals surface area contributed by atoms with Crippen LogP contribution in [0.1, 0.15) is 24.0 Å². The number of piperidine rings is 1. The summed E-state index contributed by atoms with van der Waals surface area (Å²) in [4.78, 5) is 2.34. The first-order chi connectivity index (χ1) is 12.7. The molecule has 0 unspecified atom stereocenters. The highest BCUT2D eigenvalue weighted by molar-refractivity contribution is 5.38. The SMILES string of the molecule is C#CCOc1ccccc1CN1CCC(O)(c2ccccc2OC)CC1. The van der Waals surface area contributed by atoms with Gasteiger partial charge in [-0.3, -0.25) is 4.90 Å². The molecule has 26 heavy (non-hydrogen) atoms. The fourth-order valence-corrected chi connectivity index (χ4v) is 3.52.